The number of methoxy groups -OCH3 is 1. The first-order valence-corrected chi connectivity index (χ1v) is 13.2. The highest BCUT2D eigenvalue weighted by Crippen LogP contribution is 2.32. The highest BCUT2D eigenvalue weighted by molar-refractivity contribution is 7.94. The molecule has 0 unspecified atom stereocenters. The Balaban J connectivity index is 1.88. The quantitative estimate of drug-likeness (QED) is 0.499. The van der Waals surface area contributed by atoms with Gasteiger partial charge in [0.1, 0.15) is 5.75 Å². The second-order valence-corrected chi connectivity index (χ2v) is 11.8. The van der Waals surface area contributed by atoms with Crippen molar-refractivity contribution in [1.29, 1.82) is 0 Å². The Morgan fingerprint density at radius 2 is 1.88 bits per heavy atom. The van der Waals surface area contributed by atoms with E-state index in [-0.39, 0.29) is 59.6 Å². The summed E-state index contributed by atoms with van der Waals surface area (Å²) in [5, 5.41) is 9.80. The summed E-state index contributed by atoms with van der Waals surface area (Å²) in [4.78, 5) is 11.7. The Bertz CT molecular complexity index is 1190. The summed E-state index contributed by atoms with van der Waals surface area (Å²) in [6, 6.07) is 3.88. The van der Waals surface area contributed by atoms with Crippen molar-refractivity contribution in [3.63, 3.8) is 0 Å². The van der Waals surface area contributed by atoms with E-state index in [0.717, 1.165) is 0 Å². The Morgan fingerprint density at radius 1 is 1.19 bits per heavy atom. The predicted molar refractivity (Wildman–Crippen MR) is 117 cm³/mol. The Hall–Kier alpha value is -2.33. The number of ether oxygens (including phenoxy) is 2. The van der Waals surface area contributed by atoms with Gasteiger partial charge < -0.3 is 14.8 Å². The molecule has 0 aliphatic carbocycles. The Kier molecular flexibility index (Phi) is 7.34. The molecule has 2 aromatic rings. The summed E-state index contributed by atoms with van der Waals surface area (Å²) in [5.74, 6) is -0.536. The maximum absolute atomic E-state index is 12.9. The Morgan fingerprint density at radius 3 is 2.50 bits per heavy atom. The fourth-order valence-electron chi connectivity index (χ4n) is 2.67. The van der Waals surface area contributed by atoms with Crippen LogP contribution >= 0.6 is 11.3 Å². The van der Waals surface area contributed by atoms with Crippen molar-refractivity contribution in [2.24, 2.45) is 5.92 Å². The molecule has 0 spiro atoms. The number of morpholine rings is 1. The zero-order chi connectivity index (χ0) is 23.5. The molecule has 0 saturated carbocycles. The highest BCUT2D eigenvalue weighted by Gasteiger charge is 2.29. The minimum absolute atomic E-state index is 0.0275. The molecule has 12 nitrogen and oxygen atoms in total. The van der Waals surface area contributed by atoms with Crippen LogP contribution in [0.2, 0.25) is 0 Å². The molecular formula is C17H23N5O7S3. The van der Waals surface area contributed by atoms with Crippen molar-refractivity contribution in [1.82, 2.24) is 14.5 Å². The SMILES string of the molecule is COc1ccc(S(=O)(=O)N2CCOCC2)cc1NS(=O)(=O)c1nnc(NC(=O)C(C)C)s1. The second kappa shape index (κ2) is 9.66. The number of benzene rings is 1. The molecule has 2 heterocycles. The number of carbonyl (C=O) groups is 1. The van der Waals surface area contributed by atoms with Crippen LogP contribution < -0.4 is 14.8 Å². The van der Waals surface area contributed by atoms with Crippen LogP contribution in [0.15, 0.2) is 27.4 Å². The van der Waals surface area contributed by atoms with E-state index in [1.54, 1.807) is 13.8 Å². The molecule has 1 amide bonds. The molecule has 1 aromatic carbocycles. The fraction of sp³-hybridized carbons (Fsp3) is 0.471. The van der Waals surface area contributed by atoms with Gasteiger partial charge in [0.05, 0.1) is 30.9 Å². The van der Waals surface area contributed by atoms with Crippen LogP contribution in [0.1, 0.15) is 13.8 Å². The van der Waals surface area contributed by atoms with Gasteiger partial charge in [0.15, 0.2) is 0 Å². The van der Waals surface area contributed by atoms with Gasteiger partial charge in [-0.3, -0.25) is 9.52 Å². The minimum Gasteiger partial charge on any atom is -0.495 e. The van der Waals surface area contributed by atoms with E-state index in [1.807, 2.05) is 0 Å². The minimum atomic E-state index is -4.23. The zero-order valence-electron chi connectivity index (χ0n) is 17.6. The molecule has 176 valence electrons. The number of carbonyl (C=O) groups excluding carboxylic acids is 1. The Labute approximate surface area is 190 Å². The molecule has 1 aliphatic rings. The van der Waals surface area contributed by atoms with Gasteiger partial charge in [0.25, 0.3) is 14.4 Å². The summed E-state index contributed by atoms with van der Waals surface area (Å²) in [6.07, 6.45) is 0. The predicted octanol–water partition coefficient (Wildman–Crippen LogP) is 0.963. The first kappa shape index (κ1) is 24.3. The maximum Gasteiger partial charge on any atom is 0.291 e. The lowest BCUT2D eigenvalue weighted by Gasteiger charge is -2.26. The molecule has 0 bridgehead atoms. The average Bonchev–Trinajstić information content (AvgIpc) is 3.23. The molecule has 1 aliphatic heterocycles. The fourth-order valence-corrected chi connectivity index (χ4v) is 6.07. The van der Waals surface area contributed by atoms with Crippen molar-refractivity contribution in [3.8, 4) is 5.75 Å². The average molecular weight is 506 g/mol. The lowest BCUT2D eigenvalue weighted by molar-refractivity contribution is -0.118. The first-order chi connectivity index (χ1) is 15.0. The van der Waals surface area contributed by atoms with Crippen molar-refractivity contribution in [2.75, 3.05) is 43.5 Å². The lowest BCUT2D eigenvalue weighted by Crippen LogP contribution is -2.40. The van der Waals surface area contributed by atoms with Crippen molar-refractivity contribution < 1.29 is 31.1 Å². The molecular weight excluding hydrogens is 482 g/mol. The third-order valence-corrected chi connectivity index (χ3v) is 8.88. The van der Waals surface area contributed by atoms with Crippen LogP contribution in [0, 0.1) is 5.92 Å². The standard InChI is InChI=1S/C17H23N5O7S3/c1-11(2)15(23)18-16-19-20-17(30-16)31(24,25)21-13-10-12(4-5-14(13)28-3)32(26,27)22-6-8-29-9-7-22/h4-5,10-11,21H,6-9H2,1-3H3,(H,18,19,23). The molecule has 1 aromatic heterocycles. The molecule has 2 N–H and O–H groups in total. The first-order valence-electron chi connectivity index (χ1n) is 9.47. The normalized spacial score (nSPS) is 15.5. The summed E-state index contributed by atoms with van der Waals surface area (Å²) in [6.45, 7) is 4.32. The van der Waals surface area contributed by atoms with Crippen LogP contribution in [-0.2, 0) is 29.6 Å². The smallest absolute Gasteiger partial charge is 0.291 e. The number of aromatic nitrogens is 2. The monoisotopic (exact) mass is 505 g/mol. The van der Waals surface area contributed by atoms with Gasteiger partial charge in [0, 0.05) is 19.0 Å². The van der Waals surface area contributed by atoms with Crippen LogP contribution in [-0.4, -0.2) is 70.7 Å². The molecule has 32 heavy (non-hydrogen) atoms. The van der Waals surface area contributed by atoms with Crippen molar-refractivity contribution >= 4 is 48.1 Å². The number of amides is 1. The van der Waals surface area contributed by atoms with Crippen LogP contribution in [0.3, 0.4) is 0 Å². The van der Waals surface area contributed by atoms with Gasteiger partial charge in [-0.2, -0.15) is 12.7 Å². The molecule has 1 fully saturated rings. The topological polar surface area (TPSA) is 157 Å². The van der Waals surface area contributed by atoms with E-state index >= 15 is 0 Å². The van der Waals surface area contributed by atoms with Gasteiger partial charge in [-0.25, -0.2) is 8.42 Å². The van der Waals surface area contributed by atoms with E-state index < -0.39 is 24.4 Å². The van der Waals surface area contributed by atoms with Crippen LogP contribution in [0.5, 0.6) is 5.75 Å². The number of anilines is 2. The summed E-state index contributed by atoms with van der Waals surface area (Å²) >= 11 is 0.665. The van der Waals surface area contributed by atoms with E-state index in [9.17, 15) is 21.6 Å². The van der Waals surface area contributed by atoms with E-state index in [4.69, 9.17) is 9.47 Å². The third-order valence-electron chi connectivity index (χ3n) is 4.41. The molecule has 1 saturated heterocycles. The van der Waals surface area contributed by atoms with Gasteiger partial charge in [-0.15, -0.1) is 10.2 Å². The number of hydrogen-bond acceptors (Lipinski definition) is 10. The zero-order valence-corrected chi connectivity index (χ0v) is 20.0. The third kappa shape index (κ3) is 5.35. The van der Waals surface area contributed by atoms with Gasteiger partial charge >= 0.3 is 0 Å². The van der Waals surface area contributed by atoms with Crippen LogP contribution in [0.25, 0.3) is 0 Å². The van der Waals surface area contributed by atoms with E-state index in [1.165, 1.54) is 29.6 Å². The summed E-state index contributed by atoms with van der Waals surface area (Å²) in [5.41, 5.74) is -0.0789. The molecule has 15 heteroatoms. The number of hydrogen-bond donors (Lipinski definition) is 2. The molecule has 3 rings (SSSR count). The second-order valence-electron chi connectivity index (χ2n) is 7.00. The van der Waals surface area contributed by atoms with Gasteiger partial charge in [-0.1, -0.05) is 25.2 Å². The molecule has 0 radical (unpaired) electrons. The highest BCUT2D eigenvalue weighted by atomic mass is 32.2. The number of rotatable bonds is 8. The largest absolute Gasteiger partial charge is 0.495 e. The van der Waals surface area contributed by atoms with Crippen molar-refractivity contribution in [2.45, 2.75) is 23.1 Å². The molecule has 0 atom stereocenters. The van der Waals surface area contributed by atoms with E-state index in [2.05, 4.69) is 20.2 Å². The summed E-state index contributed by atoms with van der Waals surface area (Å²) < 4.78 is 65.0. The maximum atomic E-state index is 12.9. The summed E-state index contributed by atoms with van der Waals surface area (Å²) in [7, 11) is -6.76. The number of nitrogens with one attached hydrogen (secondary N) is 2. The lowest BCUT2D eigenvalue weighted by atomic mass is 10.2. The van der Waals surface area contributed by atoms with Gasteiger partial charge in [-0.05, 0) is 18.2 Å². The van der Waals surface area contributed by atoms with Crippen LogP contribution in [0.4, 0.5) is 10.8 Å². The number of sulfonamides is 2. The van der Waals surface area contributed by atoms with Gasteiger partial charge in [0.2, 0.25) is 21.1 Å². The van der Waals surface area contributed by atoms with Crippen molar-refractivity contribution in [3.05, 3.63) is 18.2 Å². The number of nitrogens with zero attached hydrogens (tertiary/aromatic N) is 3. The van der Waals surface area contributed by atoms with E-state index in [0.29, 0.717) is 11.3 Å².